The first-order chi connectivity index (χ1) is 6.09. The molecule has 0 radical (unpaired) electrons. The second-order valence-corrected chi connectivity index (χ2v) is 5.80. The second kappa shape index (κ2) is 5.23. The molecule has 1 heterocycles. The Morgan fingerprint density at radius 3 is 2.77 bits per heavy atom. The molecule has 1 aliphatic heterocycles. The minimum Gasteiger partial charge on any atom is -0.392 e. The van der Waals surface area contributed by atoms with Crippen molar-refractivity contribution in [3.63, 3.8) is 0 Å². The van der Waals surface area contributed by atoms with E-state index in [2.05, 4.69) is 25.7 Å². The summed E-state index contributed by atoms with van der Waals surface area (Å²) in [5, 5.41) is 10.4. The molecule has 1 saturated heterocycles. The summed E-state index contributed by atoms with van der Waals surface area (Å²) in [6.07, 6.45) is -0.157. The normalized spacial score (nSPS) is 27.9. The third-order valence-corrected chi connectivity index (χ3v) is 3.68. The van der Waals surface area contributed by atoms with Crippen molar-refractivity contribution in [1.82, 2.24) is 4.90 Å². The van der Waals surface area contributed by atoms with Crippen molar-refractivity contribution in [2.24, 2.45) is 5.92 Å². The third kappa shape index (κ3) is 3.88. The molecule has 1 aliphatic rings. The number of β-amino-alcohol motifs (C(OH)–C–C–N with tert-alkyl or cyclic N) is 1. The van der Waals surface area contributed by atoms with Gasteiger partial charge in [-0.1, -0.05) is 20.8 Å². The van der Waals surface area contributed by atoms with Gasteiger partial charge in [-0.05, 0) is 5.92 Å². The first kappa shape index (κ1) is 11.3. The molecule has 3 heteroatoms. The van der Waals surface area contributed by atoms with E-state index in [9.17, 15) is 5.11 Å². The molecule has 1 rings (SSSR count). The predicted molar refractivity (Wildman–Crippen MR) is 59.2 cm³/mol. The summed E-state index contributed by atoms with van der Waals surface area (Å²) in [6.45, 7) is 9.54. The van der Waals surface area contributed by atoms with Gasteiger partial charge in [0.1, 0.15) is 0 Å². The fourth-order valence-corrected chi connectivity index (χ4v) is 2.61. The van der Waals surface area contributed by atoms with E-state index in [0.717, 1.165) is 24.9 Å². The van der Waals surface area contributed by atoms with E-state index >= 15 is 0 Å². The summed E-state index contributed by atoms with van der Waals surface area (Å²) < 4.78 is 0. The van der Waals surface area contributed by atoms with Crippen LogP contribution in [0, 0.1) is 5.92 Å². The van der Waals surface area contributed by atoms with Gasteiger partial charge in [-0.25, -0.2) is 0 Å². The Morgan fingerprint density at radius 1 is 1.54 bits per heavy atom. The molecule has 0 saturated carbocycles. The summed E-state index contributed by atoms with van der Waals surface area (Å²) in [5.41, 5.74) is 0. The number of hydrogen-bond acceptors (Lipinski definition) is 3. The van der Waals surface area contributed by atoms with Gasteiger partial charge < -0.3 is 5.11 Å². The molecule has 2 unspecified atom stereocenters. The van der Waals surface area contributed by atoms with E-state index < -0.39 is 0 Å². The van der Waals surface area contributed by atoms with Crippen molar-refractivity contribution in [1.29, 1.82) is 0 Å². The van der Waals surface area contributed by atoms with Crippen LogP contribution in [0.5, 0.6) is 0 Å². The summed E-state index contributed by atoms with van der Waals surface area (Å²) >= 11 is 2.03. The Kier molecular flexibility index (Phi) is 4.56. The molecule has 13 heavy (non-hydrogen) atoms. The van der Waals surface area contributed by atoms with Crippen LogP contribution in [0.2, 0.25) is 0 Å². The molecule has 2 nitrogen and oxygen atoms in total. The van der Waals surface area contributed by atoms with Gasteiger partial charge in [0.25, 0.3) is 0 Å². The largest absolute Gasteiger partial charge is 0.392 e. The molecule has 0 aromatic carbocycles. The number of aliphatic hydroxyl groups excluding tert-OH is 1. The zero-order valence-electron chi connectivity index (χ0n) is 8.86. The first-order valence-electron chi connectivity index (χ1n) is 5.11. The average Bonchev–Trinajstić information content (AvgIpc) is 2.04. The van der Waals surface area contributed by atoms with Crippen LogP contribution in [-0.2, 0) is 0 Å². The number of rotatable bonds is 3. The highest BCUT2D eigenvalue weighted by Gasteiger charge is 2.20. The minimum absolute atomic E-state index is 0.157. The quantitative estimate of drug-likeness (QED) is 0.751. The lowest BCUT2D eigenvalue weighted by molar-refractivity contribution is 0.0781. The highest BCUT2D eigenvalue weighted by atomic mass is 32.2. The van der Waals surface area contributed by atoms with Gasteiger partial charge >= 0.3 is 0 Å². The van der Waals surface area contributed by atoms with Crippen LogP contribution < -0.4 is 0 Å². The first-order valence-corrected chi connectivity index (χ1v) is 6.16. The van der Waals surface area contributed by atoms with Gasteiger partial charge in [-0.3, -0.25) is 4.90 Å². The van der Waals surface area contributed by atoms with Gasteiger partial charge in [0.05, 0.1) is 6.10 Å². The van der Waals surface area contributed by atoms with Gasteiger partial charge in [-0.2, -0.15) is 11.8 Å². The molecule has 1 fully saturated rings. The molecule has 0 bridgehead atoms. The number of thioether (sulfide) groups is 1. The third-order valence-electron chi connectivity index (χ3n) is 2.54. The van der Waals surface area contributed by atoms with Crippen LogP contribution in [0.4, 0.5) is 0 Å². The summed E-state index contributed by atoms with van der Waals surface area (Å²) in [4.78, 5) is 2.38. The lowest BCUT2D eigenvalue weighted by Gasteiger charge is -2.32. The molecule has 0 aliphatic carbocycles. The summed E-state index contributed by atoms with van der Waals surface area (Å²) in [5.74, 6) is 1.59. The molecule has 1 N–H and O–H groups in total. The van der Waals surface area contributed by atoms with Gasteiger partial charge in [0, 0.05) is 30.6 Å². The minimum atomic E-state index is -0.157. The molecule has 0 aromatic heterocycles. The average molecular weight is 203 g/mol. The van der Waals surface area contributed by atoms with E-state index in [1.807, 2.05) is 11.8 Å². The van der Waals surface area contributed by atoms with Crippen LogP contribution in [0.3, 0.4) is 0 Å². The zero-order valence-corrected chi connectivity index (χ0v) is 9.68. The van der Waals surface area contributed by atoms with Crippen molar-refractivity contribution in [3.8, 4) is 0 Å². The molecule has 0 aromatic rings. The van der Waals surface area contributed by atoms with Crippen molar-refractivity contribution in [2.45, 2.75) is 32.1 Å². The van der Waals surface area contributed by atoms with Crippen molar-refractivity contribution in [2.75, 3.05) is 25.4 Å². The Bertz CT molecular complexity index is 152. The smallest absolute Gasteiger partial charge is 0.0689 e. The predicted octanol–water partition coefficient (Wildman–Crippen LogP) is 1.44. The Labute approximate surface area is 85.7 Å². The maximum Gasteiger partial charge on any atom is 0.0689 e. The summed E-state index contributed by atoms with van der Waals surface area (Å²) in [7, 11) is 0. The van der Waals surface area contributed by atoms with Crippen LogP contribution >= 0.6 is 11.8 Å². The number of hydrogen-bond donors (Lipinski definition) is 1. The Balaban J connectivity index is 2.27. The van der Waals surface area contributed by atoms with Crippen molar-refractivity contribution in [3.05, 3.63) is 0 Å². The van der Waals surface area contributed by atoms with Gasteiger partial charge in [-0.15, -0.1) is 0 Å². The van der Waals surface area contributed by atoms with E-state index in [1.54, 1.807) is 0 Å². The molecule has 78 valence electrons. The SMILES string of the molecule is CC1CN(CC(O)C(C)C)CCS1. The second-order valence-electron chi connectivity index (χ2n) is 4.25. The van der Waals surface area contributed by atoms with E-state index in [4.69, 9.17) is 0 Å². The highest BCUT2D eigenvalue weighted by molar-refractivity contribution is 7.99. The van der Waals surface area contributed by atoms with Crippen LogP contribution in [-0.4, -0.2) is 46.7 Å². The Hall–Kier alpha value is 0.270. The maximum atomic E-state index is 9.72. The molecular weight excluding hydrogens is 182 g/mol. The van der Waals surface area contributed by atoms with Crippen LogP contribution in [0.15, 0.2) is 0 Å². The topological polar surface area (TPSA) is 23.5 Å². The number of aliphatic hydroxyl groups is 1. The molecule has 0 spiro atoms. The fourth-order valence-electron chi connectivity index (χ4n) is 1.53. The van der Waals surface area contributed by atoms with Crippen molar-refractivity contribution < 1.29 is 5.11 Å². The van der Waals surface area contributed by atoms with Crippen LogP contribution in [0.1, 0.15) is 20.8 Å². The van der Waals surface area contributed by atoms with E-state index in [-0.39, 0.29) is 6.10 Å². The molecule has 0 amide bonds. The van der Waals surface area contributed by atoms with Gasteiger partial charge in [0.2, 0.25) is 0 Å². The highest BCUT2D eigenvalue weighted by Crippen LogP contribution is 2.18. The Morgan fingerprint density at radius 2 is 2.23 bits per heavy atom. The van der Waals surface area contributed by atoms with Crippen molar-refractivity contribution >= 4 is 11.8 Å². The van der Waals surface area contributed by atoms with Gasteiger partial charge in [0.15, 0.2) is 0 Å². The van der Waals surface area contributed by atoms with E-state index in [0.29, 0.717) is 5.92 Å². The fraction of sp³-hybridized carbons (Fsp3) is 1.00. The lowest BCUT2D eigenvalue weighted by Crippen LogP contribution is -2.42. The standard InChI is InChI=1S/C10H21NOS/c1-8(2)10(12)7-11-4-5-13-9(3)6-11/h8-10,12H,4-7H2,1-3H3. The van der Waals surface area contributed by atoms with Crippen LogP contribution in [0.25, 0.3) is 0 Å². The number of nitrogens with zero attached hydrogens (tertiary/aromatic N) is 1. The monoisotopic (exact) mass is 203 g/mol. The molecule has 2 atom stereocenters. The molecular formula is C10H21NOS. The lowest BCUT2D eigenvalue weighted by atomic mass is 10.1. The zero-order chi connectivity index (χ0) is 9.84. The van der Waals surface area contributed by atoms with E-state index in [1.165, 1.54) is 5.75 Å². The summed E-state index contributed by atoms with van der Waals surface area (Å²) in [6, 6.07) is 0. The maximum absolute atomic E-state index is 9.72.